The van der Waals surface area contributed by atoms with E-state index in [9.17, 15) is 9.59 Å². The molecule has 1 aliphatic heterocycles. The quantitative estimate of drug-likeness (QED) is 0.917. The lowest BCUT2D eigenvalue weighted by molar-refractivity contribution is -0.131. The molecule has 2 amide bonds. The molecule has 1 aromatic rings. The molecule has 1 N–H and O–H groups in total. The van der Waals surface area contributed by atoms with Gasteiger partial charge in [0.1, 0.15) is 6.04 Å². The number of hydrogen-bond donors (Lipinski definition) is 1. The summed E-state index contributed by atoms with van der Waals surface area (Å²) in [7, 11) is 1.76. The molecule has 0 aliphatic carbocycles. The highest BCUT2D eigenvalue weighted by molar-refractivity contribution is 9.10. The Kier molecular flexibility index (Phi) is 4.58. The lowest BCUT2D eigenvalue weighted by Crippen LogP contribution is -2.40. The van der Waals surface area contributed by atoms with E-state index >= 15 is 0 Å². The van der Waals surface area contributed by atoms with Gasteiger partial charge >= 0.3 is 0 Å². The average Bonchev–Trinajstić information content (AvgIpc) is 2.70. The minimum absolute atomic E-state index is 0.0111. The van der Waals surface area contributed by atoms with E-state index in [4.69, 9.17) is 0 Å². The first-order valence-electron chi connectivity index (χ1n) is 6.35. The van der Waals surface area contributed by atoms with Crippen molar-refractivity contribution >= 4 is 27.7 Å². The summed E-state index contributed by atoms with van der Waals surface area (Å²) >= 11 is 3.37. The van der Waals surface area contributed by atoms with Gasteiger partial charge < -0.3 is 10.2 Å². The molecule has 0 spiro atoms. The highest BCUT2D eigenvalue weighted by atomic mass is 79.9. The summed E-state index contributed by atoms with van der Waals surface area (Å²) in [5, 5.41) is 2.80. The topological polar surface area (TPSA) is 49.4 Å². The van der Waals surface area contributed by atoms with Gasteiger partial charge in [-0.05, 0) is 30.5 Å². The number of halogens is 1. The molecule has 1 atom stereocenters. The summed E-state index contributed by atoms with van der Waals surface area (Å²) in [5.74, 6) is -0.0476. The molecule has 4 nitrogen and oxygen atoms in total. The third-order valence-electron chi connectivity index (χ3n) is 3.32. The maximum Gasteiger partial charge on any atom is 0.244 e. The predicted molar refractivity (Wildman–Crippen MR) is 76.6 cm³/mol. The number of likely N-dealkylation sites (tertiary alicyclic amines) is 1. The Balaban J connectivity index is 1.79. The van der Waals surface area contributed by atoms with E-state index < -0.39 is 0 Å². The van der Waals surface area contributed by atoms with Crippen LogP contribution in [0.25, 0.3) is 0 Å². The van der Waals surface area contributed by atoms with E-state index in [2.05, 4.69) is 21.2 Å². The number of nitrogens with zero attached hydrogens (tertiary/aromatic N) is 1. The van der Waals surface area contributed by atoms with Crippen LogP contribution in [0.1, 0.15) is 18.4 Å². The van der Waals surface area contributed by atoms with Gasteiger partial charge in [-0.25, -0.2) is 0 Å². The van der Waals surface area contributed by atoms with Crippen molar-refractivity contribution in [1.29, 1.82) is 0 Å². The zero-order valence-electron chi connectivity index (χ0n) is 10.9. The average molecular weight is 325 g/mol. The van der Waals surface area contributed by atoms with Crippen molar-refractivity contribution in [2.75, 3.05) is 13.6 Å². The Labute approximate surface area is 121 Å². The fraction of sp³-hybridized carbons (Fsp3) is 0.429. The van der Waals surface area contributed by atoms with Crippen LogP contribution < -0.4 is 5.32 Å². The van der Waals surface area contributed by atoms with E-state index in [0.29, 0.717) is 19.3 Å². The van der Waals surface area contributed by atoms with Crippen LogP contribution in [-0.4, -0.2) is 36.3 Å². The number of benzene rings is 1. The zero-order chi connectivity index (χ0) is 13.8. The van der Waals surface area contributed by atoms with Crippen LogP contribution in [-0.2, 0) is 16.0 Å². The maximum atomic E-state index is 11.8. The fourth-order valence-corrected chi connectivity index (χ4v) is 2.40. The molecule has 1 fully saturated rings. The number of carbonyl (C=O) groups excluding carboxylic acids is 2. The molecule has 0 radical (unpaired) electrons. The molecule has 2 rings (SSSR count). The monoisotopic (exact) mass is 324 g/mol. The molecule has 0 bridgehead atoms. The highest BCUT2D eigenvalue weighted by Gasteiger charge is 2.29. The van der Waals surface area contributed by atoms with E-state index in [1.165, 1.54) is 0 Å². The van der Waals surface area contributed by atoms with E-state index in [0.717, 1.165) is 16.6 Å². The third kappa shape index (κ3) is 3.80. The number of rotatable bonds is 4. The van der Waals surface area contributed by atoms with Gasteiger partial charge in [0.2, 0.25) is 11.8 Å². The molecule has 1 saturated heterocycles. The van der Waals surface area contributed by atoms with Crippen LogP contribution >= 0.6 is 15.9 Å². The van der Waals surface area contributed by atoms with Crippen molar-refractivity contribution in [2.24, 2.45) is 0 Å². The Morgan fingerprint density at radius 2 is 2.11 bits per heavy atom. The van der Waals surface area contributed by atoms with Crippen molar-refractivity contribution in [3.8, 4) is 0 Å². The van der Waals surface area contributed by atoms with Crippen molar-refractivity contribution in [1.82, 2.24) is 10.2 Å². The van der Waals surface area contributed by atoms with E-state index in [1.54, 1.807) is 11.9 Å². The van der Waals surface area contributed by atoms with Crippen LogP contribution in [0.5, 0.6) is 0 Å². The summed E-state index contributed by atoms with van der Waals surface area (Å²) in [5.41, 5.74) is 1.12. The first-order valence-corrected chi connectivity index (χ1v) is 7.14. The number of nitrogens with one attached hydrogen (secondary N) is 1. The van der Waals surface area contributed by atoms with Crippen molar-refractivity contribution in [2.45, 2.75) is 25.3 Å². The van der Waals surface area contributed by atoms with Crippen LogP contribution in [0.4, 0.5) is 0 Å². The van der Waals surface area contributed by atoms with Crippen molar-refractivity contribution in [3.05, 3.63) is 34.3 Å². The number of hydrogen-bond acceptors (Lipinski definition) is 2. The smallest absolute Gasteiger partial charge is 0.244 e. The molecule has 0 saturated carbocycles. The van der Waals surface area contributed by atoms with Gasteiger partial charge in [0.05, 0.1) is 0 Å². The van der Waals surface area contributed by atoms with Crippen LogP contribution in [0.3, 0.4) is 0 Å². The van der Waals surface area contributed by atoms with Gasteiger partial charge in [-0.2, -0.15) is 0 Å². The summed E-state index contributed by atoms with van der Waals surface area (Å²) in [6.45, 7) is 0.719. The minimum atomic E-state index is -0.331. The fourth-order valence-electron chi connectivity index (χ4n) is 2.13. The van der Waals surface area contributed by atoms with Crippen molar-refractivity contribution < 1.29 is 9.59 Å². The van der Waals surface area contributed by atoms with Crippen LogP contribution in [0.2, 0.25) is 0 Å². The largest absolute Gasteiger partial charge is 0.344 e. The van der Waals surface area contributed by atoms with Crippen LogP contribution in [0, 0.1) is 0 Å². The Bertz CT molecular complexity index is 473. The normalized spacial score (nSPS) is 18.7. The highest BCUT2D eigenvalue weighted by Crippen LogP contribution is 2.12. The van der Waals surface area contributed by atoms with E-state index in [1.807, 2.05) is 24.3 Å². The summed E-state index contributed by atoms with van der Waals surface area (Å²) in [4.78, 5) is 25.1. The van der Waals surface area contributed by atoms with Gasteiger partial charge in [0.15, 0.2) is 0 Å². The molecule has 19 heavy (non-hydrogen) atoms. The first-order chi connectivity index (χ1) is 9.06. The number of carbonyl (C=O) groups is 2. The maximum absolute atomic E-state index is 11.8. The summed E-state index contributed by atoms with van der Waals surface area (Å²) < 4.78 is 1.03. The third-order valence-corrected chi connectivity index (χ3v) is 3.85. The Hall–Kier alpha value is -1.36. The summed E-state index contributed by atoms with van der Waals surface area (Å²) in [6.07, 6.45) is 1.81. The summed E-state index contributed by atoms with van der Waals surface area (Å²) in [6, 6.07) is 7.57. The number of likely N-dealkylation sites (N-methyl/N-ethyl adjacent to an activating group) is 1. The predicted octanol–water partition coefficient (Wildman–Crippen LogP) is 1.73. The second-order valence-electron chi connectivity index (χ2n) is 4.80. The van der Waals surface area contributed by atoms with Gasteiger partial charge in [-0.15, -0.1) is 0 Å². The second kappa shape index (κ2) is 6.19. The molecule has 1 aromatic carbocycles. The minimum Gasteiger partial charge on any atom is -0.344 e. The second-order valence-corrected chi connectivity index (χ2v) is 5.71. The molecule has 5 heteroatoms. The Morgan fingerprint density at radius 1 is 1.42 bits per heavy atom. The molecular formula is C14H17BrN2O2. The first kappa shape index (κ1) is 14.1. The number of amides is 2. The Morgan fingerprint density at radius 3 is 2.68 bits per heavy atom. The number of aryl methyl sites for hydroxylation is 1. The molecule has 0 aromatic heterocycles. The van der Waals surface area contributed by atoms with Gasteiger partial charge in [0.25, 0.3) is 0 Å². The lowest BCUT2D eigenvalue weighted by atomic mass is 10.1. The van der Waals surface area contributed by atoms with Crippen molar-refractivity contribution in [3.63, 3.8) is 0 Å². The molecule has 1 aliphatic rings. The molecule has 102 valence electrons. The molecule has 0 unspecified atom stereocenters. The van der Waals surface area contributed by atoms with E-state index in [-0.39, 0.29) is 17.9 Å². The molecular weight excluding hydrogens is 308 g/mol. The zero-order valence-corrected chi connectivity index (χ0v) is 12.4. The standard InChI is InChI=1S/C14H17BrN2O2/c1-17-9-8-12(14(17)19)16-13(18)7-4-10-2-5-11(15)6-3-10/h2-3,5-6,12H,4,7-9H2,1H3,(H,16,18)/t12-/m1/s1. The van der Waals surface area contributed by atoms with Crippen LogP contribution in [0.15, 0.2) is 28.7 Å². The van der Waals surface area contributed by atoms with Gasteiger partial charge in [0, 0.05) is 24.5 Å². The van der Waals surface area contributed by atoms with Gasteiger partial charge in [-0.3, -0.25) is 9.59 Å². The van der Waals surface area contributed by atoms with Gasteiger partial charge in [-0.1, -0.05) is 28.1 Å². The molecule has 1 heterocycles. The SMILES string of the molecule is CN1CC[C@@H](NC(=O)CCc2ccc(Br)cc2)C1=O. The lowest BCUT2D eigenvalue weighted by Gasteiger charge is -2.12.